The van der Waals surface area contributed by atoms with Crippen molar-refractivity contribution >= 4 is 20.2 Å². The Morgan fingerprint density at radius 1 is 0.625 bits per heavy atom. The van der Waals surface area contributed by atoms with Crippen molar-refractivity contribution < 1.29 is 25.9 Å². The van der Waals surface area contributed by atoms with E-state index in [-0.39, 0.29) is 5.56 Å². The van der Waals surface area contributed by atoms with Gasteiger partial charge in [-0.05, 0) is 54.1 Å². The molecule has 4 aromatic rings. The summed E-state index contributed by atoms with van der Waals surface area (Å²) in [6.07, 6.45) is 3.16. The lowest BCUT2D eigenvalue weighted by atomic mass is 10.0. The molecule has 0 unspecified atom stereocenters. The van der Waals surface area contributed by atoms with Crippen LogP contribution in [0.2, 0.25) is 0 Å². The minimum atomic E-state index is -4.85. The zero-order valence-corrected chi connectivity index (χ0v) is 17.8. The van der Waals surface area contributed by atoms with Crippen molar-refractivity contribution in [3.8, 4) is 33.9 Å². The van der Waals surface area contributed by atoms with Crippen LogP contribution in [-0.2, 0) is 20.2 Å². The van der Waals surface area contributed by atoms with Gasteiger partial charge in [-0.3, -0.25) is 19.1 Å². The SMILES string of the molecule is O=S(=O)(O)c1ccc(-c2cc(-c3ccccn3)nc(-c3ccccn3)c2)c(S(=O)(=O)O)c1. The molecule has 0 aliphatic carbocycles. The first-order valence-electron chi connectivity index (χ1n) is 9.07. The van der Waals surface area contributed by atoms with Crippen LogP contribution in [0.25, 0.3) is 33.9 Å². The van der Waals surface area contributed by atoms with Gasteiger partial charge in [0.15, 0.2) is 0 Å². The van der Waals surface area contributed by atoms with Crippen LogP contribution in [0.5, 0.6) is 0 Å². The van der Waals surface area contributed by atoms with Crippen molar-refractivity contribution in [3.63, 3.8) is 0 Å². The fourth-order valence-electron chi connectivity index (χ4n) is 3.09. The molecule has 0 fully saturated rings. The second-order valence-corrected chi connectivity index (χ2v) is 9.48. The molecule has 2 N–H and O–H groups in total. The van der Waals surface area contributed by atoms with Gasteiger partial charge in [0.25, 0.3) is 20.2 Å². The number of nitrogens with zero attached hydrogens (tertiary/aromatic N) is 3. The normalized spacial score (nSPS) is 11.9. The first-order valence-corrected chi connectivity index (χ1v) is 12.0. The molecular weight excluding hydrogens is 454 g/mol. The van der Waals surface area contributed by atoms with Crippen LogP contribution in [0.1, 0.15) is 0 Å². The number of hydrogen-bond acceptors (Lipinski definition) is 7. The third-order valence-electron chi connectivity index (χ3n) is 4.52. The van der Waals surface area contributed by atoms with Crippen molar-refractivity contribution in [3.05, 3.63) is 79.1 Å². The van der Waals surface area contributed by atoms with Crippen LogP contribution in [0.15, 0.2) is 88.9 Å². The van der Waals surface area contributed by atoms with Crippen molar-refractivity contribution in [1.29, 1.82) is 0 Å². The molecule has 9 nitrogen and oxygen atoms in total. The third-order valence-corrected chi connectivity index (χ3v) is 6.26. The second kappa shape index (κ2) is 8.20. The molecule has 0 spiro atoms. The summed E-state index contributed by atoms with van der Waals surface area (Å²) in [4.78, 5) is 11.8. The Labute approximate surface area is 184 Å². The molecule has 3 heterocycles. The fourth-order valence-corrected chi connectivity index (χ4v) is 4.41. The van der Waals surface area contributed by atoms with Gasteiger partial charge in [0.05, 0.1) is 27.7 Å². The Balaban J connectivity index is 2.02. The summed E-state index contributed by atoms with van der Waals surface area (Å²) in [7, 11) is -9.54. The van der Waals surface area contributed by atoms with Crippen LogP contribution >= 0.6 is 0 Å². The quantitative estimate of drug-likeness (QED) is 0.420. The van der Waals surface area contributed by atoms with E-state index in [0.717, 1.165) is 6.07 Å². The van der Waals surface area contributed by atoms with Gasteiger partial charge in [-0.15, -0.1) is 0 Å². The van der Waals surface area contributed by atoms with Crippen molar-refractivity contribution in [2.24, 2.45) is 0 Å². The predicted molar refractivity (Wildman–Crippen MR) is 116 cm³/mol. The van der Waals surface area contributed by atoms with Gasteiger partial charge in [0.2, 0.25) is 0 Å². The smallest absolute Gasteiger partial charge is 0.282 e. The lowest BCUT2D eigenvalue weighted by Gasteiger charge is -2.12. The molecule has 0 saturated carbocycles. The summed E-state index contributed by atoms with van der Waals surface area (Å²) in [6, 6.07) is 16.5. The molecule has 1 aromatic carbocycles. The molecule has 3 aromatic heterocycles. The van der Waals surface area contributed by atoms with Gasteiger partial charge in [0.1, 0.15) is 4.90 Å². The minimum absolute atomic E-state index is 0.0108. The van der Waals surface area contributed by atoms with E-state index in [1.165, 1.54) is 6.07 Å². The van der Waals surface area contributed by atoms with Crippen LogP contribution in [0.3, 0.4) is 0 Å². The van der Waals surface area contributed by atoms with Gasteiger partial charge in [-0.1, -0.05) is 18.2 Å². The van der Waals surface area contributed by atoms with Crippen LogP contribution < -0.4 is 0 Å². The minimum Gasteiger partial charge on any atom is -0.282 e. The number of aromatic nitrogens is 3. The summed E-state index contributed by atoms with van der Waals surface area (Å²) in [5, 5.41) is 0. The van der Waals surface area contributed by atoms with Gasteiger partial charge in [0, 0.05) is 18.0 Å². The first-order chi connectivity index (χ1) is 15.1. The van der Waals surface area contributed by atoms with Gasteiger partial charge in [-0.2, -0.15) is 16.8 Å². The topological polar surface area (TPSA) is 147 Å². The molecule has 162 valence electrons. The highest BCUT2D eigenvalue weighted by molar-refractivity contribution is 7.86. The molecule has 0 radical (unpaired) electrons. The summed E-state index contributed by atoms with van der Waals surface area (Å²) >= 11 is 0. The lowest BCUT2D eigenvalue weighted by Crippen LogP contribution is -2.05. The zero-order chi connectivity index (χ0) is 22.9. The molecule has 32 heavy (non-hydrogen) atoms. The van der Waals surface area contributed by atoms with Crippen LogP contribution in [0.4, 0.5) is 0 Å². The summed E-state index contributed by atoms with van der Waals surface area (Å²) in [5.74, 6) is 0. The number of pyridine rings is 3. The van der Waals surface area contributed by atoms with E-state index < -0.39 is 30.0 Å². The fraction of sp³-hybridized carbons (Fsp3) is 0. The lowest BCUT2D eigenvalue weighted by molar-refractivity contribution is 0.481. The van der Waals surface area contributed by atoms with E-state index in [9.17, 15) is 25.9 Å². The van der Waals surface area contributed by atoms with E-state index in [4.69, 9.17) is 0 Å². The number of rotatable bonds is 5. The molecule has 0 aliphatic rings. The Bertz CT molecular complexity index is 1450. The monoisotopic (exact) mass is 469 g/mol. The number of benzene rings is 1. The molecule has 0 aliphatic heterocycles. The van der Waals surface area contributed by atoms with Crippen molar-refractivity contribution in [2.45, 2.75) is 9.79 Å². The third kappa shape index (κ3) is 4.55. The summed E-state index contributed by atoms with van der Waals surface area (Å²) < 4.78 is 66.1. The molecule has 4 rings (SSSR count). The maximum Gasteiger partial charge on any atom is 0.295 e. The standard InChI is InChI=1S/C21H15N3O6S2/c25-31(26,27)15-7-8-16(21(13-15)32(28,29)30)14-11-19(17-5-1-3-9-22-17)24-20(12-14)18-6-2-4-10-23-18/h1-13H,(H,25,26,27)(H,28,29,30). The first kappa shape index (κ1) is 21.7. The van der Waals surface area contributed by atoms with Gasteiger partial charge in [-0.25, -0.2) is 4.98 Å². The highest BCUT2D eigenvalue weighted by Crippen LogP contribution is 2.34. The average Bonchev–Trinajstić information content (AvgIpc) is 2.78. The maximum absolute atomic E-state index is 12.1. The van der Waals surface area contributed by atoms with Gasteiger partial charge >= 0.3 is 0 Å². The molecule has 0 saturated heterocycles. The Kier molecular flexibility index (Phi) is 5.57. The van der Waals surface area contributed by atoms with Crippen molar-refractivity contribution in [1.82, 2.24) is 15.0 Å². The Morgan fingerprint density at radius 2 is 1.19 bits per heavy atom. The summed E-state index contributed by atoms with van der Waals surface area (Å²) in [5.41, 5.74) is 2.16. The zero-order valence-electron chi connectivity index (χ0n) is 16.2. The van der Waals surface area contributed by atoms with E-state index >= 15 is 0 Å². The van der Waals surface area contributed by atoms with E-state index in [1.54, 1.807) is 60.9 Å². The highest BCUT2D eigenvalue weighted by atomic mass is 32.2. The largest absolute Gasteiger partial charge is 0.295 e. The molecule has 11 heteroatoms. The van der Waals surface area contributed by atoms with E-state index in [0.29, 0.717) is 34.4 Å². The molecule has 0 atom stereocenters. The maximum atomic E-state index is 12.1. The van der Waals surface area contributed by atoms with Gasteiger partial charge < -0.3 is 0 Å². The molecule has 0 amide bonds. The van der Waals surface area contributed by atoms with Crippen LogP contribution in [0, 0.1) is 0 Å². The summed E-state index contributed by atoms with van der Waals surface area (Å²) in [6.45, 7) is 0. The number of hydrogen-bond donors (Lipinski definition) is 2. The Morgan fingerprint density at radius 3 is 1.62 bits per heavy atom. The van der Waals surface area contributed by atoms with E-state index in [1.807, 2.05) is 0 Å². The highest BCUT2D eigenvalue weighted by Gasteiger charge is 2.22. The second-order valence-electron chi connectivity index (χ2n) is 6.66. The van der Waals surface area contributed by atoms with Crippen molar-refractivity contribution in [2.75, 3.05) is 0 Å². The molecular formula is C21H15N3O6S2. The average molecular weight is 470 g/mol. The Hall–Kier alpha value is -3.51. The van der Waals surface area contributed by atoms with Crippen LogP contribution in [-0.4, -0.2) is 40.9 Å². The molecule has 0 bridgehead atoms. The van der Waals surface area contributed by atoms with E-state index in [2.05, 4.69) is 15.0 Å². The predicted octanol–water partition coefficient (Wildman–Crippen LogP) is 3.37.